The van der Waals surface area contributed by atoms with E-state index >= 15 is 0 Å². The van der Waals surface area contributed by atoms with E-state index in [-0.39, 0.29) is 12.3 Å². The zero-order valence-corrected chi connectivity index (χ0v) is 19.8. The molecule has 0 aromatic heterocycles. The van der Waals surface area contributed by atoms with Crippen molar-refractivity contribution >= 4 is 17.9 Å². The van der Waals surface area contributed by atoms with Crippen LogP contribution in [0.1, 0.15) is 79.6 Å². The van der Waals surface area contributed by atoms with Crippen molar-refractivity contribution in [3.05, 3.63) is 12.2 Å². The molecule has 0 saturated carbocycles. The number of rotatable bonds is 2. The van der Waals surface area contributed by atoms with Gasteiger partial charge in [-0.15, -0.1) is 0 Å². The van der Waals surface area contributed by atoms with Crippen LogP contribution in [0.25, 0.3) is 0 Å². The summed E-state index contributed by atoms with van der Waals surface area (Å²) in [4.78, 5) is 36.7. The van der Waals surface area contributed by atoms with Crippen LogP contribution in [0.2, 0.25) is 0 Å². The Morgan fingerprint density at radius 2 is 1.56 bits per heavy atom. The Hall–Kier alpha value is -1.93. The van der Waals surface area contributed by atoms with Gasteiger partial charge in [-0.25, -0.2) is 4.79 Å². The van der Waals surface area contributed by atoms with E-state index in [9.17, 15) is 19.5 Å². The molecular weight excluding hydrogens is 416 g/mol. The summed E-state index contributed by atoms with van der Waals surface area (Å²) in [6.07, 6.45) is 1.32. The van der Waals surface area contributed by atoms with Crippen molar-refractivity contribution in [2.45, 2.75) is 115 Å². The maximum absolute atomic E-state index is 12.9. The SMILES string of the molecule is C=C1C(=O)O[C@]2(C)CC[C@@H]1C[C@@H](OC(C)=O)[C@@]1(C)CC[C@@H](O1)[C@](C)(O)CC[C@@H]2OC(C)=O. The first kappa shape index (κ1) is 24.7. The smallest absolute Gasteiger partial charge is 0.334 e. The Labute approximate surface area is 189 Å². The molecule has 0 aliphatic carbocycles. The third kappa shape index (κ3) is 5.01. The van der Waals surface area contributed by atoms with Gasteiger partial charge in [0.15, 0.2) is 0 Å². The Morgan fingerprint density at radius 1 is 0.969 bits per heavy atom. The summed E-state index contributed by atoms with van der Waals surface area (Å²) >= 11 is 0. The lowest BCUT2D eigenvalue weighted by atomic mass is 9.79. The number of ether oxygens (including phenoxy) is 4. The lowest BCUT2D eigenvalue weighted by Gasteiger charge is -2.39. The summed E-state index contributed by atoms with van der Waals surface area (Å²) in [5.41, 5.74) is -2.76. The Bertz CT molecular complexity index is 789. The molecule has 3 rings (SSSR count). The second-order valence-corrected chi connectivity index (χ2v) is 10.2. The normalized spacial score (nSPS) is 42.7. The van der Waals surface area contributed by atoms with Gasteiger partial charge >= 0.3 is 17.9 Å². The van der Waals surface area contributed by atoms with Crippen LogP contribution in [-0.4, -0.2) is 58.1 Å². The van der Waals surface area contributed by atoms with Crippen LogP contribution in [0, 0.1) is 5.92 Å². The zero-order chi connectivity index (χ0) is 23.9. The average molecular weight is 453 g/mol. The van der Waals surface area contributed by atoms with Crippen LogP contribution in [-0.2, 0) is 33.3 Å². The summed E-state index contributed by atoms with van der Waals surface area (Å²) < 4.78 is 23.5. The van der Waals surface area contributed by atoms with Gasteiger partial charge in [0.1, 0.15) is 23.4 Å². The molecule has 3 aliphatic heterocycles. The molecule has 7 atom stereocenters. The van der Waals surface area contributed by atoms with Crippen LogP contribution >= 0.6 is 0 Å². The number of carbonyl (C=O) groups is 3. The Kier molecular flexibility index (Phi) is 6.78. The monoisotopic (exact) mass is 452 g/mol. The van der Waals surface area contributed by atoms with E-state index in [2.05, 4.69) is 6.58 Å². The first-order valence-electron chi connectivity index (χ1n) is 11.4. The fourth-order valence-corrected chi connectivity index (χ4v) is 5.31. The van der Waals surface area contributed by atoms with Crippen LogP contribution in [0.3, 0.4) is 0 Å². The van der Waals surface area contributed by atoms with Crippen molar-refractivity contribution < 1.29 is 38.4 Å². The zero-order valence-electron chi connectivity index (χ0n) is 19.8. The van der Waals surface area contributed by atoms with Gasteiger partial charge in [0.2, 0.25) is 0 Å². The van der Waals surface area contributed by atoms with E-state index in [4.69, 9.17) is 18.9 Å². The molecule has 3 fully saturated rings. The fourth-order valence-electron chi connectivity index (χ4n) is 5.31. The molecule has 0 spiro atoms. The van der Waals surface area contributed by atoms with Gasteiger partial charge in [0, 0.05) is 19.4 Å². The number of hydrogen-bond donors (Lipinski definition) is 1. The quantitative estimate of drug-likeness (QED) is 0.387. The van der Waals surface area contributed by atoms with Crippen molar-refractivity contribution in [2.24, 2.45) is 5.92 Å². The van der Waals surface area contributed by atoms with E-state index in [0.717, 1.165) is 0 Å². The highest BCUT2D eigenvalue weighted by Crippen LogP contribution is 2.45. The maximum Gasteiger partial charge on any atom is 0.334 e. The van der Waals surface area contributed by atoms with Crippen molar-refractivity contribution in [3.63, 3.8) is 0 Å². The van der Waals surface area contributed by atoms with Gasteiger partial charge in [-0.2, -0.15) is 0 Å². The van der Waals surface area contributed by atoms with Crippen molar-refractivity contribution in [1.29, 1.82) is 0 Å². The van der Waals surface area contributed by atoms with Crippen molar-refractivity contribution in [1.82, 2.24) is 0 Å². The van der Waals surface area contributed by atoms with Crippen molar-refractivity contribution in [2.75, 3.05) is 0 Å². The van der Waals surface area contributed by atoms with Crippen LogP contribution in [0.5, 0.6) is 0 Å². The molecule has 8 heteroatoms. The molecule has 8 nitrogen and oxygen atoms in total. The molecule has 0 unspecified atom stereocenters. The molecular formula is C24H36O8. The lowest BCUT2D eigenvalue weighted by molar-refractivity contribution is -0.191. The van der Waals surface area contributed by atoms with Crippen LogP contribution in [0.4, 0.5) is 0 Å². The van der Waals surface area contributed by atoms with Crippen LogP contribution in [0.15, 0.2) is 12.2 Å². The molecule has 1 N–H and O–H groups in total. The average Bonchev–Trinajstić information content (AvgIpc) is 3.05. The summed E-state index contributed by atoms with van der Waals surface area (Å²) in [6.45, 7) is 12.0. The predicted octanol–water partition coefficient (Wildman–Crippen LogP) is 2.99. The van der Waals surface area contributed by atoms with Crippen molar-refractivity contribution in [3.8, 4) is 0 Å². The third-order valence-corrected chi connectivity index (χ3v) is 7.47. The maximum atomic E-state index is 12.9. The fraction of sp³-hybridized carbons (Fsp3) is 0.792. The highest BCUT2D eigenvalue weighted by Gasteiger charge is 2.53. The van der Waals surface area contributed by atoms with E-state index in [1.807, 2.05) is 6.92 Å². The Morgan fingerprint density at radius 3 is 2.19 bits per heavy atom. The number of carbonyl (C=O) groups excluding carboxylic acids is 3. The topological polar surface area (TPSA) is 108 Å². The van der Waals surface area contributed by atoms with Gasteiger partial charge in [-0.05, 0) is 71.6 Å². The van der Waals surface area contributed by atoms with Gasteiger partial charge in [0.05, 0.1) is 11.7 Å². The molecule has 0 radical (unpaired) electrons. The highest BCUT2D eigenvalue weighted by atomic mass is 16.6. The summed E-state index contributed by atoms with van der Waals surface area (Å²) in [5, 5.41) is 11.3. The van der Waals surface area contributed by atoms with E-state index in [1.54, 1.807) is 13.8 Å². The second kappa shape index (κ2) is 8.78. The predicted molar refractivity (Wildman–Crippen MR) is 114 cm³/mol. The van der Waals surface area contributed by atoms with E-state index in [0.29, 0.717) is 44.1 Å². The third-order valence-electron chi connectivity index (χ3n) is 7.47. The minimum absolute atomic E-state index is 0.279. The minimum Gasteiger partial charge on any atom is -0.459 e. The molecule has 0 aromatic rings. The minimum atomic E-state index is -1.21. The molecule has 32 heavy (non-hydrogen) atoms. The first-order valence-corrected chi connectivity index (χ1v) is 11.4. The second-order valence-electron chi connectivity index (χ2n) is 10.2. The molecule has 0 aromatic carbocycles. The summed E-state index contributed by atoms with van der Waals surface area (Å²) in [6, 6.07) is 0. The first-order chi connectivity index (χ1) is 14.8. The van der Waals surface area contributed by atoms with E-state index < -0.39 is 53.0 Å². The number of hydrogen-bond acceptors (Lipinski definition) is 8. The van der Waals surface area contributed by atoms with Gasteiger partial charge in [-0.3, -0.25) is 9.59 Å². The molecule has 0 amide bonds. The molecule has 4 bridgehead atoms. The molecule has 180 valence electrons. The van der Waals surface area contributed by atoms with E-state index in [1.165, 1.54) is 13.8 Å². The summed E-state index contributed by atoms with van der Waals surface area (Å²) in [7, 11) is 0. The van der Waals surface area contributed by atoms with Gasteiger partial charge in [0.25, 0.3) is 0 Å². The summed E-state index contributed by atoms with van der Waals surface area (Å²) in [5.74, 6) is -1.74. The van der Waals surface area contributed by atoms with Crippen LogP contribution < -0.4 is 0 Å². The van der Waals surface area contributed by atoms with Gasteiger partial charge in [-0.1, -0.05) is 6.58 Å². The standard InChI is InChI=1S/C24H36O8/c1-14-17-7-11-23(5,32-21(14)27)19(29-15(2)25)8-10-22(4,28)18-9-12-24(6,31-18)20(13-17)30-16(3)26/h17-20,28H,1,7-13H2,2-6H3/t17-,18-,19+,20-,22-,23-,24-/m1/s1. The highest BCUT2D eigenvalue weighted by molar-refractivity contribution is 5.89. The lowest BCUT2D eigenvalue weighted by Crippen LogP contribution is -2.49. The molecule has 3 aliphatic rings. The number of aliphatic hydroxyl groups is 1. The Balaban J connectivity index is 2.04. The molecule has 3 saturated heterocycles. The number of fused-ring (bicyclic) bond motifs is 5. The molecule has 3 heterocycles. The largest absolute Gasteiger partial charge is 0.459 e. The number of esters is 3. The van der Waals surface area contributed by atoms with Gasteiger partial charge < -0.3 is 24.1 Å².